The molecule has 13 heavy (non-hydrogen) atoms. The van der Waals surface area contributed by atoms with Crippen molar-refractivity contribution < 1.29 is 0 Å². The maximum absolute atomic E-state index is 5.71. The van der Waals surface area contributed by atoms with Gasteiger partial charge in [0.25, 0.3) is 0 Å². The Hall–Kier alpha value is -1.83. The quantitative estimate of drug-likeness (QED) is 0.714. The number of hydrogen-bond acceptors (Lipinski definition) is 2. The van der Waals surface area contributed by atoms with Gasteiger partial charge in [0, 0.05) is 11.6 Å². The summed E-state index contributed by atoms with van der Waals surface area (Å²) in [5, 5.41) is 2.10. The lowest BCUT2D eigenvalue weighted by Gasteiger charge is -2.01. The molecule has 2 heteroatoms. The summed E-state index contributed by atoms with van der Waals surface area (Å²) >= 11 is 0. The fraction of sp³-hybridized carbons (Fsp3) is 0. The van der Waals surface area contributed by atoms with Gasteiger partial charge in [-0.25, -0.2) is 4.98 Å². The maximum Gasteiger partial charge on any atom is 0.131 e. The minimum Gasteiger partial charge on any atom is -0.383 e. The van der Waals surface area contributed by atoms with Crippen LogP contribution in [0.4, 0.5) is 5.82 Å². The second-order valence-corrected chi connectivity index (χ2v) is 2.88. The molecule has 0 saturated carbocycles. The second-order valence-electron chi connectivity index (χ2n) is 2.88. The molecule has 2 nitrogen and oxygen atoms in total. The highest BCUT2D eigenvalue weighted by atomic mass is 14.8. The maximum atomic E-state index is 5.71. The number of benzene rings is 1. The minimum atomic E-state index is 0.577. The molecular weight excluding hydrogens is 160 g/mol. The standard InChI is InChI=1S/C11H10N2/c1-2-8-3-4-10-9(7-8)5-6-13-11(10)12/h2-7H,1H2,(H2,12,13). The van der Waals surface area contributed by atoms with Crippen LogP contribution in [0.5, 0.6) is 0 Å². The molecule has 2 N–H and O–H groups in total. The Bertz CT molecular complexity index is 461. The normalized spacial score (nSPS) is 10.2. The van der Waals surface area contributed by atoms with Gasteiger partial charge in [0.05, 0.1) is 0 Å². The van der Waals surface area contributed by atoms with Crippen LogP contribution in [0.1, 0.15) is 5.56 Å². The first kappa shape index (κ1) is 7.80. The highest BCUT2D eigenvalue weighted by Gasteiger charge is 1.97. The van der Waals surface area contributed by atoms with Crippen molar-refractivity contribution in [2.75, 3.05) is 5.73 Å². The van der Waals surface area contributed by atoms with Gasteiger partial charge in [-0.3, -0.25) is 0 Å². The van der Waals surface area contributed by atoms with Gasteiger partial charge in [0.1, 0.15) is 5.82 Å². The Morgan fingerprint density at radius 1 is 1.31 bits per heavy atom. The van der Waals surface area contributed by atoms with Crippen molar-refractivity contribution in [3.8, 4) is 0 Å². The first-order valence-corrected chi connectivity index (χ1v) is 4.08. The summed E-state index contributed by atoms with van der Waals surface area (Å²) in [5.74, 6) is 0.577. The third-order valence-electron chi connectivity index (χ3n) is 2.05. The first-order chi connectivity index (χ1) is 6.31. The number of aromatic nitrogens is 1. The van der Waals surface area contributed by atoms with Crippen LogP contribution in [0.2, 0.25) is 0 Å². The molecule has 0 aliphatic rings. The van der Waals surface area contributed by atoms with Crippen LogP contribution in [0, 0.1) is 0 Å². The monoisotopic (exact) mass is 170 g/mol. The fourth-order valence-electron chi connectivity index (χ4n) is 1.35. The number of hydrogen-bond donors (Lipinski definition) is 1. The molecule has 0 fully saturated rings. The summed E-state index contributed by atoms with van der Waals surface area (Å²) in [6.45, 7) is 3.71. The van der Waals surface area contributed by atoms with Gasteiger partial charge in [-0.15, -0.1) is 0 Å². The number of fused-ring (bicyclic) bond motifs is 1. The topological polar surface area (TPSA) is 38.9 Å². The molecule has 0 atom stereocenters. The number of nitrogen functional groups attached to an aromatic ring is 1. The number of pyridine rings is 1. The summed E-state index contributed by atoms with van der Waals surface area (Å²) in [6, 6.07) is 7.93. The average molecular weight is 170 g/mol. The Balaban J connectivity index is 2.79. The lowest BCUT2D eigenvalue weighted by Crippen LogP contribution is -1.90. The van der Waals surface area contributed by atoms with E-state index in [2.05, 4.69) is 11.6 Å². The van der Waals surface area contributed by atoms with Gasteiger partial charge in [-0.05, 0) is 23.1 Å². The molecule has 2 aromatic rings. The van der Waals surface area contributed by atoms with Gasteiger partial charge in [0.2, 0.25) is 0 Å². The highest BCUT2D eigenvalue weighted by molar-refractivity contribution is 5.92. The zero-order chi connectivity index (χ0) is 9.26. The largest absolute Gasteiger partial charge is 0.383 e. The third-order valence-corrected chi connectivity index (χ3v) is 2.05. The highest BCUT2D eigenvalue weighted by Crippen LogP contribution is 2.20. The van der Waals surface area contributed by atoms with Crippen molar-refractivity contribution in [2.24, 2.45) is 0 Å². The molecule has 2 rings (SSSR count). The molecule has 0 aliphatic carbocycles. The molecule has 0 radical (unpaired) electrons. The lowest BCUT2D eigenvalue weighted by atomic mass is 10.1. The zero-order valence-electron chi connectivity index (χ0n) is 7.20. The van der Waals surface area contributed by atoms with Crippen molar-refractivity contribution in [2.45, 2.75) is 0 Å². The number of rotatable bonds is 1. The van der Waals surface area contributed by atoms with E-state index in [1.54, 1.807) is 6.20 Å². The molecule has 64 valence electrons. The molecule has 0 bridgehead atoms. The van der Waals surface area contributed by atoms with Gasteiger partial charge in [-0.1, -0.05) is 24.8 Å². The molecule has 0 saturated heterocycles. The number of anilines is 1. The van der Waals surface area contributed by atoms with Crippen molar-refractivity contribution in [3.05, 3.63) is 42.6 Å². The van der Waals surface area contributed by atoms with Gasteiger partial charge < -0.3 is 5.73 Å². The summed E-state index contributed by atoms with van der Waals surface area (Å²) < 4.78 is 0. The van der Waals surface area contributed by atoms with Gasteiger partial charge >= 0.3 is 0 Å². The van der Waals surface area contributed by atoms with E-state index in [1.165, 1.54) is 0 Å². The molecule has 1 aromatic carbocycles. The zero-order valence-corrected chi connectivity index (χ0v) is 7.20. The van der Waals surface area contributed by atoms with E-state index in [4.69, 9.17) is 5.73 Å². The van der Waals surface area contributed by atoms with E-state index >= 15 is 0 Å². The van der Waals surface area contributed by atoms with E-state index in [0.717, 1.165) is 16.3 Å². The minimum absolute atomic E-state index is 0.577. The SMILES string of the molecule is C=Cc1ccc2c(N)nccc2c1. The van der Waals surface area contributed by atoms with E-state index in [-0.39, 0.29) is 0 Å². The van der Waals surface area contributed by atoms with Crippen molar-refractivity contribution in [3.63, 3.8) is 0 Å². The molecule has 1 aromatic heterocycles. The third kappa shape index (κ3) is 1.26. The fourth-order valence-corrected chi connectivity index (χ4v) is 1.35. The summed E-state index contributed by atoms with van der Waals surface area (Å²) in [4.78, 5) is 4.01. The van der Waals surface area contributed by atoms with Crippen molar-refractivity contribution >= 4 is 22.7 Å². The summed E-state index contributed by atoms with van der Waals surface area (Å²) in [6.07, 6.45) is 3.53. The van der Waals surface area contributed by atoms with Crippen LogP contribution in [-0.2, 0) is 0 Å². The predicted octanol–water partition coefficient (Wildman–Crippen LogP) is 2.46. The van der Waals surface area contributed by atoms with Crippen LogP contribution < -0.4 is 5.73 Å². The molecule has 0 spiro atoms. The molecule has 0 aliphatic heterocycles. The summed E-state index contributed by atoms with van der Waals surface area (Å²) in [5.41, 5.74) is 6.81. The van der Waals surface area contributed by atoms with Crippen molar-refractivity contribution in [1.29, 1.82) is 0 Å². The van der Waals surface area contributed by atoms with Crippen molar-refractivity contribution in [1.82, 2.24) is 4.98 Å². The van der Waals surface area contributed by atoms with Crippen LogP contribution in [0.3, 0.4) is 0 Å². The second kappa shape index (κ2) is 2.90. The number of nitrogens with two attached hydrogens (primary N) is 1. The molecule has 0 amide bonds. The number of nitrogens with zero attached hydrogens (tertiary/aromatic N) is 1. The van der Waals surface area contributed by atoms with Crippen LogP contribution >= 0.6 is 0 Å². The van der Waals surface area contributed by atoms with Gasteiger partial charge in [0.15, 0.2) is 0 Å². The van der Waals surface area contributed by atoms with E-state index in [0.29, 0.717) is 5.82 Å². The Morgan fingerprint density at radius 3 is 2.92 bits per heavy atom. The van der Waals surface area contributed by atoms with Gasteiger partial charge in [-0.2, -0.15) is 0 Å². The lowest BCUT2D eigenvalue weighted by molar-refractivity contribution is 1.37. The van der Waals surface area contributed by atoms with E-state index < -0.39 is 0 Å². The Kier molecular flexibility index (Phi) is 1.74. The first-order valence-electron chi connectivity index (χ1n) is 4.08. The molecule has 1 heterocycles. The molecule has 0 unspecified atom stereocenters. The Morgan fingerprint density at radius 2 is 2.15 bits per heavy atom. The Labute approximate surface area is 76.7 Å². The van der Waals surface area contributed by atoms with Crippen LogP contribution in [0.15, 0.2) is 37.0 Å². The van der Waals surface area contributed by atoms with E-state index in [1.807, 2.05) is 30.3 Å². The molecular formula is C11H10N2. The van der Waals surface area contributed by atoms with E-state index in [9.17, 15) is 0 Å². The van der Waals surface area contributed by atoms with Crippen LogP contribution in [-0.4, -0.2) is 4.98 Å². The van der Waals surface area contributed by atoms with Crippen LogP contribution in [0.25, 0.3) is 16.8 Å². The summed E-state index contributed by atoms with van der Waals surface area (Å²) in [7, 11) is 0. The average Bonchev–Trinajstić information content (AvgIpc) is 2.18. The predicted molar refractivity (Wildman–Crippen MR) is 56.2 cm³/mol. The smallest absolute Gasteiger partial charge is 0.131 e.